The second kappa shape index (κ2) is 6.36. The van der Waals surface area contributed by atoms with Gasteiger partial charge in [-0.25, -0.2) is 4.90 Å². The number of nitrogens with zero attached hydrogens (tertiary/aromatic N) is 2. The third kappa shape index (κ3) is 2.19. The first-order chi connectivity index (χ1) is 15.4. The predicted molar refractivity (Wildman–Crippen MR) is 122 cm³/mol. The normalized spacial score (nSPS) is 27.2. The van der Waals surface area contributed by atoms with E-state index in [1.807, 2.05) is 48.5 Å². The number of imide groups is 1. The fourth-order valence-corrected chi connectivity index (χ4v) is 7.07. The minimum atomic E-state index is -0.838. The van der Waals surface area contributed by atoms with Gasteiger partial charge in [-0.1, -0.05) is 70.5 Å². The molecule has 1 heterocycles. The van der Waals surface area contributed by atoms with Crippen LogP contribution in [0.1, 0.15) is 33.7 Å². The Hall–Kier alpha value is -3.32. The average molecular weight is 489 g/mol. The highest BCUT2D eigenvalue weighted by molar-refractivity contribution is 9.09. The molecule has 3 aromatic rings. The molecule has 2 bridgehead atoms. The minimum Gasteiger partial charge on any atom is -0.274 e. The fourth-order valence-electron chi connectivity index (χ4n) is 5.87. The van der Waals surface area contributed by atoms with Gasteiger partial charge in [-0.3, -0.25) is 19.7 Å². The molecule has 0 saturated carbocycles. The molecule has 0 unspecified atom stereocenters. The summed E-state index contributed by atoms with van der Waals surface area (Å²) in [7, 11) is 0. The van der Waals surface area contributed by atoms with Crippen molar-refractivity contribution < 1.29 is 14.5 Å². The first-order valence-corrected chi connectivity index (χ1v) is 11.2. The summed E-state index contributed by atoms with van der Waals surface area (Å²) in [6.07, 6.45) is 0. The molecule has 3 aromatic carbocycles. The van der Waals surface area contributed by atoms with E-state index >= 15 is 0 Å². The van der Waals surface area contributed by atoms with Crippen LogP contribution in [0.2, 0.25) is 0 Å². The summed E-state index contributed by atoms with van der Waals surface area (Å²) in [5, 5.41) is 11.4. The lowest BCUT2D eigenvalue weighted by atomic mass is 9.55. The van der Waals surface area contributed by atoms with Crippen LogP contribution in [0, 0.1) is 28.9 Å². The third-order valence-corrected chi connectivity index (χ3v) is 8.51. The number of carbonyl (C=O) groups is 2. The second-order valence-corrected chi connectivity index (χ2v) is 9.86. The van der Waals surface area contributed by atoms with Gasteiger partial charge in [0.25, 0.3) is 5.69 Å². The Balaban J connectivity index is 1.60. The van der Waals surface area contributed by atoms with Crippen LogP contribution in [0.15, 0.2) is 66.7 Å². The van der Waals surface area contributed by atoms with Crippen molar-refractivity contribution in [3.05, 3.63) is 105 Å². The molecule has 158 valence electrons. The maximum atomic E-state index is 13.9. The standard InChI is InChI=1S/C25H17BrN2O4/c1-13-10-11-14(28(31)32)12-19(13)27-23(29)21-20-15-6-2-4-8-17(15)25(26,22(21)24(27)30)18-9-5-3-7-16(18)20/h2-12,20-22H,1H3/t20?,21-,22-,25?/m1/s1. The van der Waals surface area contributed by atoms with E-state index in [-0.39, 0.29) is 29.1 Å². The number of non-ortho nitro benzene ring substituents is 1. The van der Waals surface area contributed by atoms with Gasteiger partial charge in [-0.15, -0.1) is 0 Å². The Morgan fingerprint density at radius 2 is 1.53 bits per heavy atom. The smallest absolute Gasteiger partial charge is 0.271 e. The molecule has 2 atom stereocenters. The highest BCUT2D eigenvalue weighted by atomic mass is 79.9. The summed E-state index contributed by atoms with van der Waals surface area (Å²) in [5.74, 6) is -2.09. The van der Waals surface area contributed by atoms with Gasteiger partial charge >= 0.3 is 0 Å². The molecule has 6 nitrogen and oxygen atoms in total. The van der Waals surface area contributed by atoms with Crippen molar-refractivity contribution in [2.24, 2.45) is 11.8 Å². The maximum absolute atomic E-state index is 13.9. The molecule has 3 aliphatic carbocycles. The summed E-state index contributed by atoms with van der Waals surface area (Å²) in [6, 6.07) is 20.2. The number of alkyl halides is 1. The number of rotatable bonds is 2. The lowest BCUT2D eigenvalue weighted by molar-refractivity contribution is -0.384. The molecule has 4 aliphatic rings. The van der Waals surface area contributed by atoms with E-state index in [1.54, 1.807) is 13.0 Å². The van der Waals surface area contributed by atoms with Crippen molar-refractivity contribution in [1.82, 2.24) is 0 Å². The van der Waals surface area contributed by atoms with E-state index in [9.17, 15) is 19.7 Å². The topological polar surface area (TPSA) is 80.5 Å². The van der Waals surface area contributed by atoms with Crippen molar-refractivity contribution in [2.75, 3.05) is 4.90 Å². The molecule has 1 saturated heterocycles. The van der Waals surface area contributed by atoms with Crippen LogP contribution in [0.3, 0.4) is 0 Å². The van der Waals surface area contributed by atoms with Crippen LogP contribution in [-0.2, 0) is 13.9 Å². The number of aryl methyl sites for hydroxylation is 1. The molecule has 0 N–H and O–H groups in total. The van der Waals surface area contributed by atoms with Crippen LogP contribution in [0.4, 0.5) is 11.4 Å². The van der Waals surface area contributed by atoms with E-state index in [0.717, 1.165) is 22.3 Å². The summed E-state index contributed by atoms with van der Waals surface area (Å²) in [4.78, 5) is 39.8. The summed E-state index contributed by atoms with van der Waals surface area (Å²) in [5.41, 5.74) is 4.87. The van der Waals surface area contributed by atoms with E-state index in [0.29, 0.717) is 5.56 Å². The van der Waals surface area contributed by atoms with Crippen molar-refractivity contribution in [3.8, 4) is 0 Å². The number of halogens is 1. The SMILES string of the molecule is Cc1ccc([N+](=O)[O-])cc1N1C(=O)[C@@H]2C3c4ccccc4C(Br)(c4ccccc43)[C@H]2C1=O. The molecule has 1 aliphatic heterocycles. The van der Waals surface area contributed by atoms with Crippen LogP contribution in [0.5, 0.6) is 0 Å². The molecule has 7 heteroatoms. The van der Waals surface area contributed by atoms with Crippen molar-refractivity contribution in [1.29, 1.82) is 0 Å². The molecule has 1 fully saturated rings. The maximum Gasteiger partial charge on any atom is 0.271 e. The number of nitro benzene ring substituents is 1. The zero-order chi connectivity index (χ0) is 22.4. The average Bonchev–Trinajstić information content (AvgIpc) is 3.06. The fraction of sp³-hybridized carbons (Fsp3) is 0.200. The zero-order valence-corrected chi connectivity index (χ0v) is 18.6. The number of anilines is 1. The number of hydrogen-bond acceptors (Lipinski definition) is 4. The van der Waals surface area contributed by atoms with E-state index in [2.05, 4.69) is 15.9 Å². The van der Waals surface area contributed by atoms with Crippen LogP contribution in [0.25, 0.3) is 0 Å². The van der Waals surface area contributed by atoms with Gasteiger partial charge in [0.2, 0.25) is 11.8 Å². The van der Waals surface area contributed by atoms with Gasteiger partial charge < -0.3 is 0 Å². The number of hydrogen-bond donors (Lipinski definition) is 0. The molecule has 32 heavy (non-hydrogen) atoms. The number of benzene rings is 3. The van der Waals surface area contributed by atoms with Crippen molar-refractivity contribution in [2.45, 2.75) is 17.2 Å². The first-order valence-electron chi connectivity index (χ1n) is 10.4. The molecular weight excluding hydrogens is 472 g/mol. The Morgan fingerprint density at radius 3 is 2.12 bits per heavy atom. The lowest BCUT2D eigenvalue weighted by Gasteiger charge is -2.51. The zero-order valence-electron chi connectivity index (χ0n) is 17.0. The number of nitro groups is 1. The number of carbonyl (C=O) groups excluding carboxylic acids is 2. The van der Waals surface area contributed by atoms with Gasteiger partial charge in [-0.2, -0.15) is 0 Å². The Bertz CT molecular complexity index is 1320. The monoisotopic (exact) mass is 488 g/mol. The Labute approximate surface area is 192 Å². The largest absolute Gasteiger partial charge is 0.274 e. The highest BCUT2D eigenvalue weighted by Crippen LogP contribution is 2.66. The summed E-state index contributed by atoms with van der Waals surface area (Å²) < 4.78 is -0.838. The van der Waals surface area contributed by atoms with Gasteiger partial charge in [0.15, 0.2) is 0 Å². The second-order valence-electron chi connectivity index (χ2n) is 8.61. The molecule has 0 radical (unpaired) electrons. The van der Waals surface area contributed by atoms with Gasteiger partial charge in [0, 0.05) is 18.1 Å². The van der Waals surface area contributed by atoms with Crippen LogP contribution in [-0.4, -0.2) is 16.7 Å². The summed E-state index contributed by atoms with van der Waals surface area (Å²) in [6.45, 7) is 1.75. The lowest BCUT2D eigenvalue weighted by Crippen LogP contribution is -2.50. The Morgan fingerprint density at radius 1 is 0.938 bits per heavy atom. The Kier molecular flexibility index (Phi) is 3.85. The number of amides is 2. The molecule has 0 aromatic heterocycles. The van der Waals surface area contributed by atoms with Gasteiger partial charge in [-0.05, 0) is 34.7 Å². The third-order valence-electron chi connectivity index (χ3n) is 7.16. The molecule has 2 amide bonds. The van der Waals surface area contributed by atoms with Crippen molar-refractivity contribution >= 4 is 39.1 Å². The minimum absolute atomic E-state index is 0.149. The van der Waals surface area contributed by atoms with E-state index in [1.165, 1.54) is 17.0 Å². The molecule has 0 spiro atoms. The molecule has 7 rings (SSSR count). The quantitative estimate of drug-likeness (QED) is 0.224. The highest BCUT2D eigenvalue weighted by Gasteiger charge is 2.67. The van der Waals surface area contributed by atoms with Gasteiger partial charge in [0.05, 0.1) is 26.8 Å². The first kappa shape index (κ1) is 19.4. The van der Waals surface area contributed by atoms with Crippen LogP contribution < -0.4 is 4.90 Å². The predicted octanol–water partition coefficient (Wildman–Crippen LogP) is 4.81. The van der Waals surface area contributed by atoms with Crippen LogP contribution >= 0.6 is 15.9 Å². The van der Waals surface area contributed by atoms with E-state index in [4.69, 9.17) is 0 Å². The van der Waals surface area contributed by atoms with Crippen molar-refractivity contribution in [3.63, 3.8) is 0 Å². The van der Waals surface area contributed by atoms with E-state index < -0.39 is 21.1 Å². The summed E-state index contributed by atoms with van der Waals surface area (Å²) >= 11 is 3.95. The molecular formula is C25H17BrN2O4. The van der Waals surface area contributed by atoms with Gasteiger partial charge in [0.1, 0.15) is 0 Å².